The van der Waals surface area contributed by atoms with Gasteiger partial charge in [0.15, 0.2) is 11.6 Å². The molecule has 0 atom stereocenters. The standard InChI is InChI=1S/C15H20N2O/c1-9(2)8-12-14(18-17-15(12)16)13-10(3)6-5-7-11(13)4/h5-7,9H,8H2,1-4H3,(H2,16,17). The van der Waals surface area contributed by atoms with Gasteiger partial charge in [-0.2, -0.15) is 0 Å². The molecule has 0 saturated carbocycles. The number of nitrogens with zero attached hydrogens (tertiary/aromatic N) is 1. The summed E-state index contributed by atoms with van der Waals surface area (Å²) in [6.45, 7) is 8.50. The fourth-order valence-electron chi connectivity index (χ4n) is 2.30. The summed E-state index contributed by atoms with van der Waals surface area (Å²) < 4.78 is 5.47. The predicted octanol–water partition coefficient (Wildman–Crippen LogP) is 3.74. The molecule has 0 unspecified atom stereocenters. The van der Waals surface area contributed by atoms with Crippen molar-refractivity contribution in [2.24, 2.45) is 5.92 Å². The molecule has 1 aromatic carbocycles. The maximum Gasteiger partial charge on any atom is 0.172 e. The van der Waals surface area contributed by atoms with Gasteiger partial charge in [-0.05, 0) is 37.3 Å². The average molecular weight is 244 g/mol. The highest BCUT2D eigenvalue weighted by Gasteiger charge is 2.19. The van der Waals surface area contributed by atoms with Gasteiger partial charge >= 0.3 is 0 Å². The second kappa shape index (κ2) is 4.84. The first kappa shape index (κ1) is 12.7. The van der Waals surface area contributed by atoms with Gasteiger partial charge in [0.2, 0.25) is 0 Å². The summed E-state index contributed by atoms with van der Waals surface area (Å²) in [6.07, 6.45) is 0.887. The molecule has 2 aromatic rings. The van der Waals surface area contributed by atoms with Crippen LogP contribution in [0.5, 0.6) is 0 Å². The largest absolute Gasteiger partial charge is 0.381 e. The Bertz CT molecular complexity index is 535. The van der Waals surface area contributed by atoms with Gasteiger partial charge in [-0.25, -0.2) is 0 Å². The number of benzene rings is 1. The fourth-order valence-corrected chi connectivity index (χ4v) is 2.30. The summed E-state index contributed by atoms with van der Waals surface area (Å²) in [7, 11) is 0. The fraction of sp³-hybridized carbons (Fsp3) is 0.400. The van der Waals surface area contributed by atoms with Crippen LogP contribution in [0, 0.1) is 19.8 Å². The van der Waals surface area contributed by atoms with Gasteiger partial charge in [-0.1, -0.05) is 37.2 Å². The van der Waals surface area contributed by atoms with Crippen molar-refractivity contribution in [3.63, 3.8) is 0 Å². The lowest BCUT2D eigenvalue weighted by Gasteiger charge is -2.09. The summed E-state index contributed by atoms with van der Waals surface area (Å²) in [5.41, 5.74) is 10.5. The monoisotopic (exact) mass is 244 g/mol. The molecule has 96 valence electrons. The maximum absolute atomic E-state index is 5.92. The zero-order chi connectivity index (χ0) is 13.3. The second-order valence-corrected chi connectivity index (χ2v) is 5.24. The molecule has 1 aromatic heterocycles. The van der Waals surface area contributed by atoms with Crippen molar-refractivity contribution in [1.82, 2.24) is 5.16 Å². The van der Waals surface area contributed by atoms with Crippen LogP contribution in [0.1, 0.15) is 30.5 Å². The molecule has 0 radical (unpaired) electrons. The predicted molar refractivity (Wildman–Crippen MR) is 74.4 cm³/mol. The third-order valence-electron chi connectivity index (χ3n) is 3.14. The zero-order valence-electron chi connectivity index (χ0n) is 11.4. The molecule has 0 aliphatic carbocycles. The number of hydrogen-bond donors (Lipinski definition) is 1. The molecule has 3 nitrogen and oxygen atoms in total. The highest BCUT2D eigenvalue weighted by molar-refractivity contribution is 5.72. The minimum Gasteiger partial charge on any atom is -0.381 e. The Kier molecular flexibility index (Phi) is 3.41. The molecule has 0 aliphatic heterocycles. The third-order valence-corrected chi connectivity index (χ3v) is 3.14. The van der Waals surface area contributed by atoms with Gasteiger partial charge in [-0.15, -0.1) is 0 Å². The van der Waals surface area contributed by atoms with Crippen LogP contribution in [-0.2, 0) is 6.42 Å². The van der Waals surface area contributed by atoms with E-state index in [0.29, 0.717) is 11.7 Å². The highest BCUT2D eigenvalue weighted by Crippen LogP contribution is 2.34. The summed E-state index contributed by atoms with van der Waals surface area (Å²) in [6, 6.07) is 6.22. The normalized spacial score (nSPS) is 11.2. The third kappa shape index (κ3) is 2.26. The van der Waals surface area contributed by atoms with Gasteiger partial charge in [0.1, 0.15) is 0 Å². The number of aryl methyl sites for hydroxylation is 2. The van der Waals surface area contributed by atoms with Crippen LogP contribution in [0.25, 0.3) is 11.3 Å². The van der Waals surface area contributed by atoms with Crippen LogP contribution < -0.4 is 5.73 Å². The molecule has 0 saturated heterocycles. The molecule has 2 N–H and O–H groups in total. The Hall–Kier alpha value is -1.77. The quantitative estimate of drug-likeness (QED) is 0.894. The van der Waals surface area contributed by atoms with Gasteiger partial charge < -0.3 is 10.3 Å². The first-order chi connectivity index (χ1) is 8.50. The molecule has 3 heteroatoms. The molecular weight excluding hydrogens is 224 g/mol. The maximum atomic E-state index is 5.92. The van der Waals surface area contributed by atoms with Crippen LogP contribution in [0.2, 0.25) is 0 Å². The van der Waals surface area contributed by atoms with Crippen molar-refractivity contribution in [3.05, 3.63) is 34.9 Å². The van der Waals surface area contributed by atoms with Crippen LogP contribution in [0.3, 0.4) is 0 Å². The molecule has 18 heavy (non-hydrogen) atoms. The smallest absolute Gasteiger partial charge is 0.172 e. The molecular formula is C15H20N2O. The van der Waals surface area contributed by atoms with Crippen molar-refractivity contribution < 1.29 is 4.52 Å². The Morgan fingerprint density at radius 1 is 1.22 bits per heavy atom. The Labute approximate surface area is 108 Å². The lowest BCUT2D eigenvalue weighted by atomic mass is 9.94. The second-order valence-electron chi connectivity index (χ2n) is 5.24. The lowest BCUT2D eigenvalue weighted by Crippen LogP contribution is -2.00. The molecule has 0 fully saturated rings. The Morgan fingerprint density at radius 2 is 1.83 bits per heavy atom. The first-order valence-corrected chi connectivity index (χ1v) is 6.31. The van der Waals surface area contributed by atoms with Crippen LogP contribution in [0.4, 0.5) is 5.82 Å². The molecule has 0 spiro atoms. The molecule has 2 rings (SSSR count). The number of rotatable bonds is 3. The molecule has 0 bridgehead atoms. The van der Waals surface area contributed by atoms with E-state index in [2.05, 4.69) is 51.1 Å². The highest BCUT2D eigenvalue weighted by atomic mass is 16.5. The Morgan fingerprint density at radius 3 is 2.39 bits per heavy atom. The van der Waals surface area contributed by atoms with E-state index in [0.717, 1.165) is 23.3 Å². The van der Waals surface area contributed by atoms with Crippen molar-refractivity contribution in [2.45, 2.75) is 34.1 Å². The number of hydrogen-bond acceptors (Lipinski definition) is 3. The van der Waals surface area contributed by atoms with Crippen molar-refractivity contribution in [3.8, 4) is 11.3 Å². The number of nitrogen functional groups attached to an aromatic ring is 1. The zero-order valence-corrected chi connectivity index (χ0v) is 11.4. The van der Waals surface area contributed by atoms with E-state index in [1.807, 2.05) is 0 Å². The van der Waals surface area contributed by atoms with E-state index in [-0.39, 0.29) is 0 Å². The van der Waals surface area contributed by atoms with E-state index in [4.69, 9.17) is 10.3 Å². The summed E-state index contributed by atoms with van der Waals surface area (Å²) in [5, 5.41) is 3.93. The molecule has 0 amide bonds. The number of aromatic nitrogens is 1. The van der Waals surface area contributed by atoms with Gasteiger partial charge in [0, 0.05) is 11.1 Å². The van der Waals surface area contributed by atoms with Crippen molar-refractivity contribution >= 4 is 5.82 Å². The SMILES string of the molecule is Cc1cccc(C)c1-c1onc(N)c1CC(C)C. The van der Waals surface area contributed by atoms with E-state index >= 15 is 0 Å². The summed E-state index contributed by atoms with van der Waals surface area (Å²) in [5.74, 6) is 1.87. The first-order valence-electron chi connectivity index (χ1n) is 6.31. The van der Waals surface area contributed by atoms with Crippen molar-refractivity contribution in [2.75, 3.05) is 5.73 Å². The average Bonchev–Trinajstić information content (AvgIpc) is 2.61. The molecule has 0 aliphatic rings. The minimum absolute atomic E-state index is 0.515. The number of nitrogens with two attached hydrogens (primary N) is 1. The minimum atomic E-state index is 0.515. The van der Waals surface area contributed by atoms with E-state index in [1.165, 1.54) is 11.1 Å². The topological polar surface area (TPSA) is 52.0 Å². The van der Waals surface area contributed by atoms with Crippen LogP contribution in [-0.4, -0.2) is 5.16 Å². The van der Waals surface area contributed by atoms with E-state index < -0.39 is 0 Å². The van der Waals surface area contributed by atoms with Crippen LogP contribution >= 0.6 is 0 Å². The van der Waals surface area contributed by atoms with E-state index in [9.17, 15) is 0 Å². The van der Waals surface area contributed by atoms with Crippen LogP contribution in [0.15, 0.2) is 22.7 Å². The van der Waals surface area contributed by atoms with Gasteiger partial charge in [0.25, 0.3) is 0 Å². The van der Waals surface area contributed by atoms with Gasteiger partial charge in [-0.3, -0.25) is 0 Å². The number of anilines is 1. The Balaban J connectivity index is 2.58. The van der Waals surface area contributed by atoms with E-state index in [1.54, 1.807) is 0 Å². The summed E-state index contributed by atoms with van der Waals surface area (Å²) in [4.78, 5) is 0. The summed E-state index contributed by atoms with van der Waals surface area (Å²) >= 11 is 0. The molecule has 1 heterocycles. The lowest BCUT2D eigenvalue weighted by molar-refractivity contribution is 0.434. The van der Waals surface area contributed by atoms with Crippen molar-refractivity contribution in [1.29, 1.82) is 0 Å². The van der Waals surface area contributed by atoms with Gasteiger partial charge in [0.05, 0.1) is 0 Å².